The molecule has 3 saturated heterocycles. The summed E-state index contributed by atoms with van der Waals surface area (Å²) in [5.41, 5.74) is 0. The molecule has 7 nitrogen and oxygen atoms in total. The molecule has 0 aromatic heterocycles. The topological polar surface area (TPSA) is 66.5 Å². The Kier molecular flexibility index (Phi) is 4.53. The van der Waals surface area contributed by atoms with Gasteiger partial charge in [-0.3, -0.25) is 4.90 Å². The minimum absolute atomic E-state index is 0.139. The average Bonchev–Trinajstić information content (AvgIpc) is 3.11. The number of halogens is 1. The Morgan fingerprint density at radius 3 is 2.82 bits per heavy atom. The number of methoxy groups -OCH3 is 1. The molecule has 0 bridgehead atoms. The Morgan fingerprint density at radius 2 is 2.14 bits per heavy atom. The molecule has 3 aliphatic rings. The second kappa shape index (κ2) is 6.13. The van der Waals surface area contributed by atoms with E-state index in [4.69, 9.17) is 35.3 Å². The third-order valence-corrected chi connectivity index (χ3v) is 4.60. The first kappa shape index (κ1) is 16.3. The van der Waals surface area contributed by atoms with Crippen LogP contribution >= 0.6 is 11.6 Å². The van der Waals surface area contributed by atoms with Gasteiger partial charge in [-0.05, 0) is 20.3 Å². The monoisotopic (exact) mass is 335 g/mol. The lowest BCUT2D eigenvalue weighted by atomic mass is 9.98. The Morgan fingerprint density at radius 1 is 1.36 bits per heavy atom. The van der Waals surface area contributed by atoms with Crippen LogP contribution in [0.4, 0.5) is 4.79 Å². The standard InChI is InChI=1S/C14H22ClNO6/c1-14(2)21-9(6-15)11(22-14)12-10-8(19-7-18-3)4-5-16(10)13(17)20-12/h8-12H,4-7H2,1-3H3/t8-,9+,10+,11-,12-/m0/s1. The summed E-state index contributed by atoms with van der Waals surface area (Å²) in [6.45, 7) is 4.45. The fourth-order valence-corrected chi connectivity index (χ4v) is 3.74. The van der Waals surface area contributed by atoms with Crippen molar-refractivity contribution in [3.8, 4) is 0 Å². The number of rotatable bonds is 5. The lowest BCUT2D eigenvalue weighted by molar-refractivity contribution is -0.157. The van der Waals surface area contributed by atoms with Crippen LogP contribution in [-0.4, -0.2) is 73.6 Å². The molecule has 5 atom stereocenters. The van der Waals surface area contributed by atoms with Crippen molar-refractivity contribution < 1.29 is 28.5 Å². The molecule has 8 heteroatoms. The van der Waals surface area contributed by atoms with Crippen LogP contribution in [0.25, 0.3) is 0 Å². The van der Waals surface area contributed by atoms with Gasteiger partial charge in [-0.25, -0.2) is 4.79 Å². The van der Waals surface area contributed by atoms with Gasteiger partial charge in [0, 0.05) is 13.7 Å². The highest BCUT2D eigenvalue weighted by molar-refractivity contribution is 6.18. The first-order valence-electron chi connectivity index (χ1n) is 7.46. The Balaban J connectivity index is 1.78. The van der Waals surface area contributed by atoms with E-state index in [0.717, 1.165) is 6.42 Å². The number of alkyl halides is 1. The number of carbonyl (C=O) groups excluding carboxylic acids is 1. The maximum absolute atomic E-state index is 12.1. The number of hydrogen-bond donors (Lipinski definition) is 0. The number of cyclic esters (lactones) is 1. The van der Waals surface area contributed by atoms with E-state index >= 15 is 0 Å². The molecule has 3 fully saturated rings. The van der Waals surface area contributed by atoms with Crippen molar-refractivity contribution in [1.29, 1.82) is 0 Å². The Bertz CT molecular complexity index is 434. The average molecular weight is 336 g/mol. The van der Waals surface area contributed by atoms with E-state index in [-0.39, 0.29) is 37.0 Å². The van der Waals surface area contributed by atoms with E-state index in [9.17, 15) is 4.79 Å². The first-order valence-corrected chi connectivity index (χ1v) is 7.99. The summed E-state index contributed by atoms with van der Waals surface area (Å²) in [5, 5.41) is 0. The fourth-order valence-electron chi connectivity index (χ4n) is 3.50. The molecule has 0 N–H and O–H groups in total. The number of amides is 1. The number of fused-ring (bicyclic) bond motifs is 1. The summed E-state index contributed by atoms with van der Waals surface area (Å²) in [6, 6.07) is -0.198. The van der Waals surface area contributed by atoms with Crippen molar-refractivity contribution in [2.45, 2.75) is 56.5 Å². The molecule has 0 aromatic carbocycles. The van der Waals surface area contributed by atoms with E-state index in [1.54, 1.807) is 12.0 Å². The van der Waals surface area contributed by atoms with Crippen molar-refractivity contribution in [1.82, 2.24) is 4.90 Å². The van der Waals surface area contributed by atoms with Crippen LogP contribution in [-0.2, 0) is 23.7 Å². The van der Waals surface area contributed by atoms with Gasteiger partial charge in [0.15, 0.2) is 11.9 Å². The normalized spacial score (nSPS) is 40.1. The number of ether oxygens (including phenoxy) is 5. The highest BCUT2D eigenvalue weighted by atomic mass is 35.5. The Hall–Kier alpha value is -0.600. The molecule has 0 aromatic rings. The zero-order valence-corrected chi connectivity index (χ0v) is 13.7. The highest BCUT2D eigenvalue weighted by Gasteiger charge is 2.58. The van der Waals surface area contributed by atoms with E-state index in [0.29, 0.717) is 6.54 Å². The highest BCUT2D eigenvalue weighted by Crippen LogP contribution is 2.39. The van der Waals surface area contributed by atoms with Gasteiger partial charge in [-0.15, -0.1) is 11.6 Å². The number of carbonyl (C=O) groups is 1. The van der Waals surface area contributed by atoms with Crippen molar-refractivity contribution in [2.24, 2.45) is 0 Å². The minimum atomic E-state index is -0.745. The largest absolute Gasteiger partial charge is 0.441 e. The van der Waals surface area contributed by atoms with Crippen LogP contribution in [0.5, 0.6) is 0 Å². The van der Waals surface area contributed by atoms with Gasteiger partial charge in [-0.1, -0.05) is 0 Å². The van der Waals surface area contributed by atoms with Gasteiger partial charge in [0.2, 0.25) is 0 Å². The third kappa shape index (κ3) is 2.80. The first-order chi connectivity index (χ1) is 10.5. The molecule has 3 aliphatic heterocycles. The maximum Gasteiger partial charge on any atom is 0.410 e. The molecule has 3 rings (SSSR count). The van der Waals surface area contributed by atoms with Crippen molar-refractivity contribution >= 4 is 17.7 Å². The summed E-state index contributed by atoms with van der Waals surface area (Å²) in [4.78, 5) is 13.8. The molecule has 0 aliphatic carbocycles. The molecule has 126 valence electrons. The summed E-state index contributed by atoms with van der Waals surface area (Å²) >= 11 is 6.00. The zero-order valence-electron chi connectivity index (χ0n) is 13.0. The van der Waals surface area contributed by atoms with Gasteiger partial charge < -0.3 is 23.7 Å². The number of hydrogen-bond acceptors (Lipinski definition) is 6. The van der Waals surface area contributed by atoms with Crippen LogP contribution in [0, 0.1) is 0 Å². The van der Waals surface area contributed by atoms with Crippen molar-refractivity contribution in [3.63, 3.8) is 0 Å². The number of nitrogens with zero attached hydrogens (tertiary/aromatic N) is 1. The predicted molar refractivity (Wildman–Crippen MR) is 76.7 cm³/mol. The van der Waals surface area contributed by atoms with Gasteiger partial charge >= 0.3 is 6.09 Å². The van der Waals surface area contributed by atoms with Crippen molar-refractivity contribution in [2.75, 3.05) is 26.3 Å². The second-order valence-corrected chi connectivity index (χ2v) is 6.53. The zero-order chi connectivity index (χ0) is 15.9. The molecule has 0 unspecified atom stereocenters. The van der Waals surface area contributed by atoms with E-state index < -0.39 is 18.0 Å². The molecule has 0 saturated carbocycles. The molecule has 3 heterocycles. The summed E-state index contributed by atoms with van der Waals surface area (Å²) < 4.78 is 28.0. The van der Waals surface area contributed by atoms with Crippen LogP contribution in [0.2, 0.25) is 0 Å². The molecule has 0 spiro atoms. The smallest absolute Gasteiger partial charge is 0.410 e. The van der Waals surface area contributed by atoms with E-state index in [1.807, 2.05) is 13.8 Å². The minimum Gasteiger partial charge on any atom is -0.441 e. The van der Waals surface area contributed by atoms with Gasteiger partial charge in [0.1, 0.15) is 25.0 Å². The van der Waals surface area contributed by atoms with E-state index in [2.05, 4.69) is 0 Å². The lowest BCUT2D eigenvalue weighted by Crippen LogP contribution is -2.48. The molecule has 22 heavy (non-hydrogen) atoms. The predicted octanol–water partition coefficient (Wildman–Crippen LogP) is 1.33. The van der Waals surface area contributed by atoms with Crippen molar-refractivity contribution in [3.05, 3.63) is 0 Å². The van der Waals surface area contributed by atoms with Crippen LogP contribution < -0.4 is 0 Å². The van der Waals surface area contributed by atoms with Gasteiger partial charge in [0.25, 0.3) is 0 Å². The summed E-state index contributed by atoms with van der Waals surface area (Å²) in [5.74, 6) is -0.468. The Labute approximate surface area is 134 Å². The van der Waals surface area contributed by atoms with Gasteiger partial charge in [0.05, 0.1) is 12.0 Å². The molecule has 1 amide bonds. The quantitative estimate of drug-likeness (QED) is 0.558. The van der Waals surface area contributed by atoms with Crippen LogP contribution in [0.15, 0.2) is 0 Å². The summed E-state index contributed by atoms with van der Waals surface area (Å²) in [7, 11) is 1.57. The maximum atomic E-state index is 12.1. The van der Waals surface area contributed by atoms with Crippen LogP contribution in [0.1, 0.15) is 20.3 Å². The molecular formula is C14H22ClNO6. The fraction of sp³-hybridized carbons (Fsp3) is 0.929. The summed E-state index contributed by atoms with van der Waals surface area (Å²) in [6.07, 6.45) is -0.902. The SMILES string of the molecule is COCO[C@H]1CCN2C(=O)O[C@H]([C@H]3OC(C)(C)O[C@@H]3CCl)[C@@H]12. The van der Waals surface area contributed by atoms with Gasteiger partial charge in [-0.2, -0.15) is 0 Å². The molecular weight excluding hydrogens is 314 g/mol. The lowest BCUT2D eigenvalue weighted by Gasteiger charge is -2.28. The van der Waals surface area contributed by atoms with Crippen LogP contribution in [0.3, 0.4) is 0 Å². The third-order valence-electron chi connectivity index (χ3n) is 4.30. The van der Waals surface area contributed by atoms with E-state index in [1.165, 1.54) is 0 Å². The molecule has 0 radical (unpaired) electrons. The second-order valence-electron chi connectivity index (χ2n) is 6.23.